The fourth-order valence-corrected chi connectivity index (χ4v) is 2.90. The van der Waals surface area contributed by atoms with Crippen molar-refractivity contribution in [3.05, 3.63) is 0 Å². The van der Waals surface area contributed by atoms with Gasteiger partial charge in [-0.15, -0.1) is 0 Å². The lowest BCUT2D eigenvalue weighted by atomic mass is 9.65. The van der Waals surface area contributed by atoms with E-state index in [0.29, 0.717) is 11.8 Å². The highest BCUT2D eigenvalue weighted by Crippen LogP contribution is 2.42. The van der Waals surface area contributed by atoms with E-state index in [2.05, 4.69) is 19.2 Å². The van der Waals surface area contributed by atoms with Gasteiger partial charge in [0.25, 0.3) is 0 Å². The minimum atomic E-state index is -0.349. The number of nitrogens with one attached hydrogen (secondary N) is 1. The molecule has 2 fully saturated rings. The van der Waals surface area contributed by atoms with E-state index >= 15 is 0 Å². The molecular formula is C11H21NO. The molecule has 0 aromatic rings. The van der Waals surface area contributed by atoms with E-state index in [0.717, 1.165) is 25.4 Å². The molecule has 0 spiro atoms. The Morgan fingerprint density at radius 3 is 2.46 bits per heavy atom. The SMILES string of the molecule is CC1CCC(O)(C2CNC2)C(C)C1. The van der Waals surface area contributed by atoms with Crippen molar-refractivity contribution in [2.24, 2.45) is 17.8 Å². The quantitative estimate of drug-likeness (QED) is 0.644. The second kappa shape index (κ2) is 3.25. The maximum atomic E-state index is 10.5. The van der Waals surface area contributed by atoms with Crippen LogP contribution in [-0.4, -0.2) is 23.8 Å². The first-order valence-electron chi connectivity index (χ1n) is 5.56. The van der Waals surface area contributed by atoms with Crippen LogP contribution in [0.25, 0.3) is 0 Å². The molecule has 1 saturated heterocycles. The topological polar surface area (TPSA) is 32.3 Å². The smallest absolute Gasteiger partial charge is 0.0725 e. The van der Waals surface area contributed by atoms with Crippen LogP contribution in [0, 0.1) is 17.8 Å². The zero-order chi connectivity index (χ0) is 9.47. The summed E-state index contributed by atoms with van der Waals surface area (Å²) < 4.78 is 0. The van der Waals surface area contributed by atoms with Crippen LogP contribution in [0.5, 0.6) is 0 Å². The molecule has 2 heteroatoms. The highest BCUT2D eigenvalue weighted by atomic mass is 16.3. The summed E-state index contributed by atoms with van der Waals surface area (Å²) in [6.07, 6.45) is 3.42. The van der Waals surface area contributed by atoms with Crippen LogP contribution in [0.15, 0.2) is 0 Å². The Morgan fingerprint density at radius 1 is 1.31 bits per heavy atom. The molecule has 3 atom stereocenters. The highest BCUT2D eigenvalue weighted by Gasteiger charge is 2.46. The molecule has 2 aliphatic rings. The molecule has 76 valence electrons. The highest BCUT2D eigenvalue weighted by molar-refractivity contribution is 4.99. The molecule has 1 heterocycles. The van der Waals surface area contributed by atoms with Crippen LogP contribution in [0.4, 0.5) is 0 Å². The molecule has 0 radical (unpaired) electrons. The first kappa shape index (κ1) is 9.47. The Labute approximate surface area is 80.7 Å². The normalized spacial score (nSPS) is 47.3. The lowest BCUT2D eigenvalue weighted by Crippen LogP contribution is -2.59. The van der Waals surface area contributed by atoms with Gasteiger partial charge in [0.1, 0.15) is 0 Å². The van der Waals surface area contributed by atoms with Gasteiger partial charge in [0.05, 0.1) is 5.60 Å². The van der Waals surface area contributed by atoms with E-state index in [4.69, 9.17) is 0 Å². The van der Waals surface area contributed by atoms with Crippen molar-refractivity contribution in [2.45, 2.75) is 38.7 Å². The van der Waals surface area contributed by atoms with Gasteiger partial charge in [-0.25, -0.2) is 0 Å². The van der Waals surface area contributed by atoms with Gasteiger partial charge in [0.15, 0.2) is 0 Å². The Balaban J connectivity index is 2.03. The Hall–Kier alpha value is -0.0800. The van der Waals surface area contributed by atoms with E-state index in [1.807, 2.05) is 0 Å². The summed E-state index contributed by atoms with van der Waals surface area (Å²) in [5.74, 6) is 1.82. The van der Waals surface area contributed by atoms with E-state index in [1.54, 1.807) is 0 Å². The minimum Gasteiger partial charge on any atom is -0.389 e. The number of rotatable bonds is 1. The van der Waals surface area contributed by atoms with E-state index in [1.165, 1.54) is 12.8 Å². The van der Waals surface area contributed by atoms with Crippen LogP contribution in [0.2, 0.25) is 0 Å². The van der Waals surface area contributed by atoms with Gasteiger partial charge in [0.2, 0.25) is 0 Å². The summed E-state index contributed by atoms with van der Waals surface area (Å²) >= 11 is 0. The molecule has 1 saturated carbocycles. The molecule has 1 aliphatic heterocycles. The summed E-state index contributed by atoms with van der Waals surface area (Å²) in [4.78, 5) is 0. The van der Waals surface area contributed by atoms with E-state index in [-0.39, 0.29) is 5.60 Å². The third-order valence-electron chi connectivity index (χ3n) is 4.14. The van der Waals surface area contributed by atoms with Crippen LogP contribution < -0.4 is 5.32 Å². The number of hydrogen-bond donors (Lipinski definition) is 2. The number of aliphatic hydroxyl groups is 1. The van der Waals surface area contributed by atoms with Gasteiger partial charge in [-0.3, -0.25) is 0 Å². The first-order chi connectivity index (χ1) is 6.13. The fourth-order valence-electron chi connectivity index (χ4n) is 2.90. The van der Waals surface area contributed by atoms with Gasteiger partial charge in [-0.1, -0.05) is 13.8 Å². The van der Waals surface area contributed by atoms with Crippen molar-refractivity contribution in [2.75, 3.05) is 13.1 Å². The molecular weight excluding hydrogens is 162 g/mol. The molecule has 0 aromatic carbocycles. The van der Waals surface area contributed by atoms with Gasteiger partial charge < -0.3 is 10.4 Å². The molecule has 2 rings (SSSR count). The third kappa shape index (κ3) is 1.50. The van der Waals surface area contributed by atoms with Crippen LogP contribution in [0.3, 0.4) is 0 Å². The van der Waals surface area contributed by atoms with Crippen molar-refractivity contribution in [3.8, 4) is 0 Å². The summed E-state index contributed by atoms with van der Waals surface area (Å²) in [6.45, 7) is 6.56. The number of hydrogen-bond acceptors (Lipinski definition) is 2. The summed E-state index contributed by atoms with van der Waals surface area (Å²) in [5.41, 5.74) is -0.349. The first-order valence-corrected chi connectivity index (χ1v) is 5.56. The van der Waals surface area contributed by atoms with Gasteiger partial charge in [-0.05, 0) is 31.1 Å². The van der Waals surface area contributed by atoms with Crippen LogP contribution in [0.1, 0.15) is 33.1 Å². The van der Waals surface area contributed by atoms with Crippen molar-refractivity contribution in [3.63, 3.8) is 0 Å². The zero-order valence-corrected chi connectivity index (χ0v) is 8.71. The Morgan fingerprint density at radius 2 is 2.00 bits per heavy atom. The standard InChI is InChI=1S/C11H21NO/c1-8-3-4-11(13,9(2)5-8)10-6-12-7-10/h8-10,12-13H,3-7H2,1-2H3. The second-order valence-electron chi connectivity index (χ2n) is 5.13. The predicted octanol–water partition coefficient (Wildman–Crippen LogP) is 1.39. The minimum absolute atomic E-state index is 0.349. The Bertz CT molecular complexity index is 191. The summed E-state index contributed by atoms with van der Waals surface area (Å²) in [5, 5.41) is 13.8. The third-order valence-corrected chi connectivity index (χ3v) is 4.14. The molecule has 0 aromatic heterocycles. The zero-order valence-electron chi connectivity index (χ0n) is 8.71. The molecule has 3 unspecified atom stereocenters. The summed E-state index contributed by atoms with van der Waals surface area (Å²) in [6, 6.07) is 0. The lowest BCUT2D eigenvalue weighted by Gasteiger charge is -2.49. The van der Waals surface area contributed by atoms with Crippen molar-refractivity contribution in [1.82, 2.24) is 5.32 Å². The molecule has 0 bridgehead atoms. The largest absolute Gasteiger partial charge is 0.389 e. The van der Waals surface area contributed by atoms with Gasteiger partial charge >= 0.3 is 0 Å². The van der Waals surface area contributed by atoms with Crippen molar-refractivity contribution in [1.29, 1.82) is 0 Å². The average molecular weight is 183 g/mol. The summed E-state index contributed by atoms with van der Waals surface area (Å²) in [7, 11) is 0. The molecule has 0 amide bonds. The fraction of sp³-hybridized carbons (Fsp3) is 1.00. The van der Waals surface area contributed by atoms with E-state index in [9.17, 15) is 5.11 Å². The molecule has 1 aliphatic carbocycles. The maximum Gasteiger partial charge on any atom is 0.0725 e. The van der Waals surface area contributed by atoms with Gasteiger partial charge in [-0.2, -0.15) is 0 Å². The molecule has 2 N–H and O–H groups in total. The monoisotopic (exact) mass is 183 g/mol. The molecule has 13 heavy (non-hydrogen) atoms. The predicted molar refractivity (Wildman–Crippen MR) is 53.5 cm³/mol. The van der Waals surface area contributed by atoms with Crippen LogP contribution >= 0.6 is 0 Å². The van der Waals surface area contributed by atoms with E-state index < -0.39 is 0 Å². The molecule has 2 nitrogen and oxygen atoms in total. The average Bonchev–Trinajstić information content (AvgIpc) is 1.95. The lowest BCUT2D eigenvalue weighted by molar-refractivity contribution is -0.112. The van der Waals surface area contributed by atoms with Crippen molar-refractivity contribution < 1.29 is 5.11 Å². The van der Waals surface area contributed by atoms with Crippen molar-refractivity contribution >= 4 is 0 Å². The van der Waals surface area contributed by atoms with Crippen LogP contribution in [-0.2, 0) is 0 Å². The Kier molecular flexibility index (Phi) is 2.37. The maximum absolute atomic E-state index is 10.5. The second-order valence-corrected chi connectivity index (χ2v) is 5.13. The van der Waals surface area contributed by atoms with Gasteiger partial charge in [0, 0.05) is 19.0 Å².